The monoisotopic (exact) mass is 339 g/mol. The minimum absolute atomic E-state index is 0.0111. The smallest absolute Gasteiger partial charge is 0.125 e. The third-order valence-electron chi connectivity index (χ3n) is 4.11. The van der Waals surface area contributed by atoms with Crippen molar-refractivity contribution in [3.63, 3.8) is 0 Å². The van der Waals surface area contributed by atoms with Crippen LogP contribution in [0.2, 0.25) is 0 Å². The van der Waals surface area contributed by atoms with E-state index in [1.54, 1.807) is 0 Å². The molecule has 0 amide bonds. The van der Waals surface area contributed by atoms with Crippen LogP contribution in [-0.4, -0.2) is 12.1 Å². The van der Waals surface area contributed by atoms with Crippen molar-refractivity contribution in [3.8, 4) is 5.75 Å². The Balaban J connectivity index is 2.36. The fourth-order valence-electron chi connectivity index (χ4n) is 3.41. The number of ether oxygens (including phenoxy) is 1. The molecule has 0 spiro atoms. The molecule has 0 fully saturated rings. The lowest BCUT2D eigenvalue weighted by molar-refractivity contribution is 0.0131. The van der Waals surface area contributed by atoms with Crippen LogP contribution in [0, 0.1) is 0 Å². The number of halogens is 1. The fraction of sp³-hybridized carbons (Fsp3) is 0.647. The summed E-state index contributed by atoms with van der Waals surface area (Å²) in [5.74, 6) is 1.06. The molecule has 1 aromatic carbocycles. The number of nitrogens with one attached hydrogen (secondary N) is 1. The SMILES string of the molecule is CCCC1(CCC)CC(NCC)c2cc(Br)ccc2O1. The molecular weight excluding hydrogens is 314 g/mol. The topological polar surface area (TPSA) is 21.3 Å². The lowest BCUT2D eigenvalue weighted by Gasteiger charge is -2.43. The second-order valence-electron chi connectivity index (χ2n) is 5.78. The van der Waals surface area contributed by atoms with Crippen molar-refractivity contribution < 1.29 is 4.74 Å². The third-order valence-corrected chi connectivity index (χ3v) is 4.60. The van der Waals surface area contributed by atoms with Crippen LogP contribution in [0.5, 0.6) is 5.75 Å². The van der Waals surface area contributed by atoms with Crippen LogP contribution < -0.4 is 10.1 Å². The highest BCUT2D eigenvalue weighted by molar-refractivity contribution is 9.10. The first-order chi connectivity index (χ1) is 9.64. The highest BCUT2D eigenvalue weighted by atomic mass is 79.9. The summed E-state index contributed by atoms with van der Waals surface area (Å²) in [6.07, 6.45) is 5.69. The molecule has 1 atom stereocenters. The summed E-state index contributed by atoms with van der Waals surface area (Å²) in [4.78, 5) is 0. The fourth-order valence-corrected chi connectivity index (χ4v) is 3.79. The molecule has 112 valence electrons. The van der Waals surface area contributed by atoms with E-state index in [0.29, 0.717) is 6.04 Å². The van der Waals surface area contributed by atoms with Crippen LogP contribution in [-0.2, 0) is 0 Å². The highest BCUT2D eigenvalue weighted by Gasteiger charge is 2.39. The van der Waals surface area contributed by atoms with Crippen molar-refractivity contribution in [2.24, 2.45) is 0 Å². The van der Waals surface area contributed by atoms with E-state index in [9.17, 15) is 0 Å². The van der Waals surface area contributed by atoms with Gasteiger partial charge in [-0.15, -0.1) is 0 Å². The van der Waals surface area contributed by atoms with E-state index in [1.807, 2.05) is 0 Å². The number of hydrogen-bond acceptors (Lipinski definition) is 2. The Labute approximate surface area is 131 Å². The lowest BCUT2D eigenvalue weighted by Crippen LogP contribution is -2.44. The van der Waals surface area contributed by atoms with E-state index in [-0.39, 0.29) is 5.60 Å². The Kier molecular flexibility index (Phi) is 5.50. The Morgan fingerprint density at radius 3 is 2.55 bits per heavy atom. The van der Waals surface area contributed by atoms with Gasteiger partial charge in [0.05, 0.1) is 0 Å². The Hall–Kier alpha value is -0.540. The molecule has 3 heteroatoms. The van der Waals surface area contributed by atoms with Gasteiger partial charge in [-0.3, -0.25) is 0 Å². The average Bonchev–Trinajstić information content (AvgIpc) is 2.41. The maximum Gasteiger partial charge on any atom is 0.125 e. The summed E-state index contributed by atoms with van der Waals surface area (Å²) in [7, 11) is 0. The number of benzene rings is 1. The summed E-state index contributed by atoms with van der Waals surface area (Å²) >= 11 is 3.58. The van der Waals surface area contributed by atoms with Crippen molar-refractivity contribution in [3.05, 3.63) is 28.2 Å². The molecule has 0 saturated carbocycles. The molecule has 20 heavy (non-hydrogen) atoms. The minimum Gasteiger partial charge on any atom is -0.487 e. The highest BCUT2D eigenvalue weighted by Crippen LogP contribution is 2.44. The standard InChI is InChI=1S/C17H26BrNO/c1-4-9-17(10-5-2)12-15(19-6-3)14-11-13(18)7-8-16(14)20-17/h7-8,11,15,19H,4-6,9-10,12H2,1-3H3. The molecule has 1 aromatic rings. The van der Waals surface area contributed by atoms with Crippen LogP contribution in [0.3, 0.4) is 0 Å². The molecule has 1 aliphatic heterocycles. The van der Waals surface area contributed by atoms with Crippen molar-refractivity contribution in [1.82, 2.24) is 5.32 Å². The van der Waals surface area contributed by atoms with E-state index in [0.717, 1.165) is 36.0 Å². The van der Waals surface area contributed by atoms with Gasteiger partial charge < -0.3 is 10.1 Å². The van der Waals surface area contributed by atoms with E-state index in [4.69, 9.17) is 4.74 Å². The Bertz CT molecular complexity index is 441. The third kappa shape index (κ3) is 3.37. The molecule has 0 aromatic heterocycles. The molecule has 1 heterocycles. The van der Waals surface area contributed by atoms with Crippen LogP contribution in [0.25, 0.3) is 0 Å². The molecule has 1 aliphatic rings. The predicted octanol–water partition coefficient (Wildman–Crippen LogP) is 5.22. The molecule has 2 rings (SSSR count). The van der Waals surface area contributed by atoms with Gasteiger partial charge in [0.25, 0.3) is 0 Å². The van der Waals surface area contributed by atoms with Gasteiger partial charge in [-0.25, -0.2) is 0 Å². The number of hydrogen-bond donors (Lipinski definition) is 1. The molecule has 1 N–H and O–H groups in total. The van der Waals surface area contributed by atoms with Gasteiger partial charge in [0, 0.05) is 22.5 Å². The maximum atomic E-state index is 6.47. The Morgan fingerprint density at radius 2 is 1.95 bits per heavy atom. The van der Waals surface area contributed by atoms with Gasteiger partial charge in [-0.05, 0) is 37.6 Å². The van der Waals surface area contributed by atoms with Gasteiger partial charge in [-0.2, -0.15) is 0 Å². The summed E-state index contributed by atoms with van der Waals surface area (Å²) in [5, 5.41) is 3.64. The summed E-state index contributed by atoms with van der Waals surface area (Å²) in [6, 6.07) is 6.79. The quantitative estimate of drug-likeness (QED) is 0.766. The first-order valence-electron chi connectivity index (χ1n) is 7.86. The van der Waals surface area contributed by atoms with Gasteiger partial charge in [-0.1, -0.05) is 49.5 Å². The molecule has 1 unspecified atom stereocenters. The molecule has 0 saturated heterocycles. The summed E-state index contributed by atoms with van der Waals surface area (Å²) in [6.45, 7) is 7.67. The number of fused-ring (bicyclic) bond motifs is 1. The number of rotatable bonds is 6. The van der Waals surface area contributed by atoms with Gasteiger partial charge in [0.1, 0.15) is 11.4 Å². The van der Waals surface area contributed by atoms with Gasteiger partial charge in [0.2, 0.25) is 0 Å². The van der Waals surface area contributed by atoms with Crippen molar-refractivity contribution in [2.45, 2.75) is 64.5 Å². The second kappa shape index (κ2) is 6.95. The molecule has 0 aliphatic carbocycles. The van der Waals surface area contributed by atoms with E-state index in [2.05, 4.69) is 60.2 Å². The summed E-state index contributed by atoms with van der Waals surface area (Å²) < 4.78 is 7.60. The summed E-state index contributed by atoms with van der Waals surface area (Å²) in [5.41, 5.74) is 1.31. The van der Waals surface area contributed by atoms with E-state index in [1.165, 1.54) is 18.4 Å². The zero-order chi connectivity index (χ0) is 14.6. The van der Waals surface area contributed by atoms with E-state index < -0.39 is 0 Å². The molecular formula is C17H26BrNO. The van der Waals surface area contributed by atoms with Gasteiger partial charge in [0.15, 0.2) is 0 Å². The lowest BCUT2D eigenvalue weighted by atomic mass is 9.81. The first-order valence-corrected chi connectivity index (χ1v) is 8.65. The molecule has 2 nitrogen and oxygen atoms in total. The van der Waals surface area contributed by atoms with E-state index >= 15 is 0 Å². The normalized spacial score (nSPS) is 20.3. The second-order valence-corrected chi connectivity index (χ2v) is 6.70. The largest absolute Gasteiger partial charge is 0.487 e. The van der Waals surface area contributed by atoms with Crippen LogP contribution in [0.1, 0.15) is 64.5 Å². The minimum atomic E-state index is 0.0111. The van der Waals surface area contributed by atoms with Crippen LogP contribution in [0.15, 0.2) is 22.7 Å². The maximum absolute atomic E-state index is 6.47. The van der Waals surface area contributed by atoms with Crippen LogP contribution >= 0.6 is 15.9 Å². The zero-order valence-electron chi connectivity index (χ0n) is 12.8. The predicted molar refractivity (Wildman–Crippen MR) is 88.4 cm³/mol. The average molecular weight is 340 g/mol. The first kappa shape index (κ1) is 15.8. The van der Waals surface area contributed by atoms with Crippen molar-refractivity contribution >= 4 is 15.9 Å². The van der Waals surface area contributed by atoms with Crippen molar-refractivity contribution in [1.29, 1.82) is 0 Å². The van der Waals surface area contributed by atoms with Crippen molar-refractivity contribution in [2.75, 3.05) is 6.54 Å². The van der Waals surface area contributed by atoms with Gasteiger partial charge >= 0.3 is 0 Å². The Morgan fingerprint density at radius 1 is 1.25 bits per heavy atom. The van der Waals surface area contributed by atoms with Crippen LogP contribution in [0.4, 0.5) is 0 Å². The molecule has 0 bridgehead atoms. The molecule has 0 radical (unpaired) electrons. The zero-order valence-corrected chi connectivity index (χ0v) is 14.4.